The third-order valence-electron chi connectivity index (χ3n) is 3.16. The van der Waals surface area contributed by atoms with Crippen LogP contribution in [-0.2, 0) is 0 Å². The molecule has 0 spiro atoms. The first-order valence-corrected chi connectivity index (χ1v) is 7.28. The van der Waals surface area contributed by atoms with Gasteiger partial charge in [-0.05, 0) is 44.3 Å². The standard InChI is InChI=1S/C13H16Cl3NO/c14-10-6-12(16)13(7-11(10)15)18-5-3-9-2-1-4-17-8-9/h6-7,9,17H,1-5,8H2. The van der Waals surface area contributed by atoms with Gasteiger partial charge in [0.1, 0.15) is 5.75 Å². The van der Waals surface area contributed by atoms with Gasteiger partial charge in [-0.15, -0.1) is 0 Å². The van der Waals surface area contributed by atoms with E-state index in [1.807, 2.05) is 0 Å². The topological polar surface area (TPSA) is 21.3 Å². The molecule has 0 saturated carbocycles. The first-order valence-electron chi connectivity index (χ1n) is 6.15. The number of ether oxygens (including phenoxy) is 1. The van der Waals surface area contributed by atoms with Gasteiger partial charge in [-0.2, -0.15) is 0 Å². The van der Waals surface area contributed by atoms with Crippen molar-refractivity contribution in [2.24, 2.45) is 5.92 Å². The summed E-state index contributed by atoms with van der Waals surface area (Å²) in [5.74, 6) is 1.30. The van der Waals surface area contributed by atoms with Crippen LogP contribution in [0, 0.1) is 5.92 Å². The molecule has 1 saturated heterocycles. The Bertz CT molecular complexity index is 405. The molecule has 1 aliphatic heterocycles. The van der Waals surface area contributed by atoms with Gasteiger partial charge >= 0.3 is 0 Å². The van der Waals surface area contributed by atoms with E-state index in [4.69, 9.17) is 39.5 Å². The first-order chi connectivity index (χ1) is 8.66. The third kappa shape index (κ3) is 3.92. The van der Waals surface area contributed by atoms with E-state index in [9.17, 15) is 0 Å². The molecule has 2 nitrogen and oxygen atoms in total. The molecule has 1 aromatic rings. The average Bonchev–Trinajstić information content (AvgIpc) is 2.37. The molecule has 1 aliphatic rings. The average molecular weight is 309 g/mol. The minimum atomic E-state index is 0.450. The highest BCUT2D eigenvalue weighted by Crippen LogP contribution is 2.34. The minimum Gasteiger partial charge on any atom is -0.492 e. The predicted molar refractivity (Wildman–Crippen MR) is 77.2 cm³/mol. The van der Waals surface area contributed by atoms with Crippen LogP contribution in [0.4, 0.5) is 0 Å². The zero-order chi connectivity index (χ0) is 13.0. The molecule has 100 valence electrons. The van der Waals surface area contributed by atoms with Crippen LogP contribution in [0.3, 0.4) is 0 Å². The molecule has 0 bridgehead atoms. The summed E-state index contributed by atoms with van der Waals surface area (Å²) in [7, 11) is 0. The number of nitrogens with one attached hydrogen (secondary N) is 1. The fourth-order valence-electron chi connectivity index (χ4n) is 2.12. The molecular formula is C13H16Cl3NO. The Hall–Kier alpha value is -0.150. The number of hydrogen-bond donors (Lipinski definition) is 1. The van der Waals surface area contributed by atoms with Gasteiger partial charge in [0.2, 0.25) is 0 Å². The van der Waals surface area contributed by atoms with Crippen LogP contribution < -0.4 is 10.1 Å². The second-order valence-electron chi connectivity index (χ2n) is 4.55. The van der Waals surface area contributed by atoms with E-state index in [1.54, 1.807) is 12.1 Å². The lowest BCUT2D eigenvalue weighted by Crippen LogP contribution is -2.30. The van der Waals surface area contributed by atoms with Crippen molar-refractivity contribution in [3.8, 4) is 5.75 Å². The summed E-state index contributed by atoms with van der Waals surface area (Å²) in [6.07, 6.45) is 3.55. The lowest BCUT2D eigenvalue weighted by molar-refractivity contribution is 0.254. The van der Waals surface area contributed by atoms with Crippen LogP contribution in [0.2, 0.25) is 15.1 Å². The Balaban J connectivity index is 1.84. The molecule has 1 N–H and O–H groups in total. The molecule has 1 aromatic carbocycles. The minimum absolute atomic E-state index is 0.450. The molecule has 18 heavy (non-hydrogen) atoms. The molecular weight excluding hydrogens is 293 g/mol. The van der Waals surface area contributed by atoms with Crippen LogP contribution in [0.5, 0.6) is 5.75 Å². The lowest BCUT2D eigenvalue weighted by atomic mass is 9.97. The maximum atomic E-state index is 6.04. The molecule has 0 aromatic heterocycles. The van der Waals surface area contributed by atoms with Crippen LogP contribution in [0.15, 0.2) is 12.1 Å². The Labute approximate surface area is 123 Å². The van der Waals surface area contributed by atoms with Crippen molar-refractivity contribution in [2.75, 3.05) is 19.7 Å². The SMILES string of the molecule is Clc1cc(Cl)c(OCCC2CCCNC2)cc1Cl. The highest BCUT2D eigenvalue weighted by molar-refractivity contribution is 6.43. The smallest absolute Gasteiger partial charge is 0.139 e. The Morgan fingerprint density at radius 2 is 1.94 bits per heavy atom. The van der Waals surface area contributed by atoms with E-state index in [0.717, 1.165) is 19.5 Å². The highest BCUT2D eigenvalue weighted by Gasteiger charge is 2.13. The molecule has 1 atom stereocenters. The van der Waals surface area contributed by atoms with E-state index in [1.165, 1.54) is 12.8 Å². The second kappa shape index (κ2) is 6.85. The lowest BCUT2D eigenvalue weighted by Gasteiger charge is -2.22. The summed E-state index contributed by atoms with van der Waals surface area (Å²) >= 11 is 17.8. The van der Waals surface area contributed by atoms with Crippen LogP contribution >= 0.6 is 34.8 Å². The van der Waals surface area contributed by atoms with Crippen LogP contribution in [0.25, 0.3) is 0 Å². The predicted octanol–water partition coefficient (Wildman–Crippen LogP) is 4.42. The normalized spacial score (nSPS) is 19.8. The molecule has 2 rings (SSSR count). The number of piperidine rings is 1. The first kappa shape index (κ1) is 14.3. The van der Waals surface area contributed by atoms with Crippen LogP contribution in [0.1, 0.15) is 19.3 Å². The fourth-order valence-corrected chi connectivity index (χ4v) is 2.71. The van der Waals surface area contributed by atoms with E-state index in [0.29, 0.717) is 33.3 Å². The highest BCUT2D eigenvalue weighted by atomic mass is 35.5. The third-order valence-corrected chi connectivity index (χ3v) is 4.17. The maximum absolute atomic E-state index is 6.04. The van der Waals surface area contributed by atoms with Gasteiger partial charge < -0.3 is 10.1 Å². The Morgan fingerprint density at radius 1 is 1.17 bits per heavy atom. The second-order valence-corrected chi connectivity index (χ2v) is 5.77. The van der Waals surface area contributed by atoms with Gasteiger partial charge in [0.15, 0.2) is 0 Å². The largest absolute Gasteiger partial charge is 0.492 e. The van der Waals surface area contributed by atoms with Gasteiger partial charge in [0.25, 0.3) is 0 Å². The number of hydrogen-bond acceptors (Lipinski definition) is 2. The van der Waals surface area contributed by atoms with Gasteiger partial charge in [-0.1, -0.05) is 34.8 Å². The van der Waals surface area contributed by atoms with E-state index in [-0.39, 0.29) is 0 Å². The summed E-state index contributed by atoms with van der Waals surface area (Å²) in [4.78, 5) is 0. The van der Waals surface area contributed by atoms with E-state index < -0.39 is 0 Å². The van der Waals surface area contributed by atoms with Crippen molar-refractivity contribution in [1.29, 1.82) is 0 Å². The number of rotatable bonds is 4. The van der Waals surface area contributed by atoms with Crippen LogP contribution in [-0.4, -0.2) is 19.7 Å². The number of benzene rings is 1. The quantitative estimate of drug-likeness (QED) is 0.832. The monoisotopic (exact) mass is 307 g/mol. The molecule has 0 aliphatic carbocycles. The summed E-state index contributed by atoms with van der Waals surface area (Å²) in [6, 6.07) is 3.29. The molecule has 0 amide bonds. The molecule has 1 fully saturated rings. The van der Waals surface area contributed by atoms with Crippen molar-refractivity contribution in [3.05, 3.63) is 27.2 Å². The zero-order valence-electron chi connectivity index (χ0n) is 10.0. The van der Waals surface area contributed by atoms with E-state index >= 15 is 0 Å². The fraction of sp³-hybridized carbons (Fsp3) is 0.538. The van der Waals surface area contributed by atoms with Crippen molar-refractivity contribution in [2.45, 2.75) is 19.3 Å². The van der Waals surface area contributed by atoms with Crippen molar-refractivity contribution >= 4 is 34.8 Å². The summed E-state index contributed by atoms with van der Waals surface area (Å²) < 4.78 is 5.67. The molecule has 0 radical (unpaired) electrons. The number of halogens is 3. The van der Waals surface area contributed by atoms with Gasteiger partial charge in [0, 0.05) is 6.07 Å². The van der Waals surface area contributed by atoms with Crippen molar-refractivity contribution in [1.82, 2.24) is 5.32 Å². The van der Waals surface area contributed by atoms with Gasteiger partial charge in [-0.25, -0.2) is 0 Å². The zero-order valence-corrected chi connectivity index (χ0v) is 12.3. The van der Waals surface area contributed by atoms with Crippen molar-refractivity contribution in [3.63, 3.8) is 0 Å². The summed E-state index contributed by atoms with van der Waals surface area (Å²) in [6.45, 7) is 2.87. The van der Waals surface area contributed by atoms with Gasteiger partial charge in [-0.3, -0.25) is 0 Å². The Kier molecular flexibility index (Phi) is 5.43. The van der Waals surface area contributed by atoms with Crippen molar-refractivity contribution < 1.29 is 4.74 Å². The van der Waals surface area contributed by atoms with E-state index in [2.05, 4.69) is 5.32 Å². The summed E-state index contributed by atoms with van der Waals surface area (Å²) in [5, 5.41) is 4.81. The Morgan fingerprint density at radius 3 is 2.67 bits per heavy atom. The maximum Gasteiger partial charge on any atom is 0.139 e. The molecule has 5 heteroatoms. The summed E-state index contributed by atoms with van der Waals surface area (Å²) in [5.41, 5.74) is 0. The molecule has 1 unspecified atom stereocenters. The molecule has 1 heterocycles. The van der Waals surface area contributed by atoms with Gasteiger partial charge in [0.05, 0.1) is 21.7 Å².